The number of aliphatic hydroxyl groups excluding tert-OH is 1. The number of amides is 1. The van der Waals surface area contributed by atoms with Gasteiger partial charge in [-0.25, -0.2) is 4.57 Å². The Hall–Kier alpha value is -1.28. The normalized spacial score (nSPS) is 14.9. The van der Waals surface area contributed by atoms with E-state index in [2.05, 4.69) is 43.5 Å². The molecular weight excluding hydrogens is 647 g/mol. The molecule has 0 aromatic heterocycles. The van der Waals surface area contributed by atoms with Gasteiger partial charge in [0.1, 0.15) is 13.2 Å². The summed E-state index contributed by atoms with van der Waals surface area (Å²) in [5.41, 5.74) is 0. The molecule has 0 aliphatic carbocycles. The third-order valence-electron chi connectivity index (χ3n) is 8.84. The molecule has 0 bridgehead atoms. The Bertz CT molecular complexity index is 917. The summed E-state index contributed by atoms with van der Waals surface area (Å²) in [6.45, 7) is 4.75. The van der Waals surface area contributed by atoms with Crippen molar-refractivity contribution < 1.29 is 32.9 Å². The third kappa shape index (κ3) is 35.1. The fourth-order valence-corrected chi connectivity index (χ4v) is 6.28. The number of hydrogen-bond donors (Lipinski definition) is 3. The molecular formula is C41H80N2O6P+. The van der Waals surface area contributed by atoms with Crippen LogP contribution in [0.4, 0.5) is 0 Å². The predicted molar refractivity (Wildman–Crippen MR) is 212 cm³/mol. The zero-order valence-corrected chi connectivity index (χ0v) is 34.0. The molecule has 1 amide bonds. The van der Waals surface area contributed by atoms with Crippen LogP contribution in [0.25, 0.3) is 0 Å². The van der Waals surface area contributed by atoms with Gasteiger partial charge in [-0.15, -0.1) is 0 Å². The molecule has 294 valence electrons. The van der Waals surface area contributed by atoms with Crippen molar-refractivity contribution in [1.29, 1.82) is 0 Å². The predicted octanol–water partition coefficient (Wildman–Crippen LogP) is 10.7. The van der Waals surface area contributed by atoms with E-state index in [-0.39, 0.29) is 19.1 Å². The van der Waals surface area contributed by atoms with Crippen LogP contribution in [-0.4, -0.2) is 73.4 Å². The Balaban J connectivity index is 4.58. The van der Waals surface area contributed by atoms with Crippen molar-refractivity contribution in [3.05, 3.63) is 36.5 Å². The van der Waals surface area contributed by atoms with Crippen molar-refractivity contribution in [3.63, 3.8) is 0 Å². The average molecular weight is 728 g/mol. The van der Waals surface area contributed by atoms with Crippen LogP contribution >= 0.6 is 7.82 Å². The quantitative estimate of drug-likeness (QED) is 0.0257. The van der Waals surface area contributed by atoms with E-state index >= 15 is 0 Å². The molecule has 0 saturated heterocycles. The van der Waals surface area contributed by atoms with E-state index < -0.39 is 20.0 Å². The first-order valence-corrected chi connectivity index (χ1v) is 21.9. The smallest absolute Gasteiger partial charge is 0.387 e. The van der Waals surface area contributed by atoms with Gasteiger partial charge in [0, 0.05) is 6.42 Å². The molecule has 0 fully saturated rings. The van der Waals surface area contributed by atoms with Crippen molar-refractivity contribution in [3.8, 4) is 0 Å². The fourth-order valence-electron chi connectivity index (χ4n) is 5.54. The van der Waals surface area contributed by atoms with Gasteiger partial charge >= 0.3 is 7.82 Å². The van der Waals surface area contributed by atoms with E-state index in [4.69, 9.17) is 9.05 Å². The van der Waals surface area contributed by atoms with Gasteiger partial charge < -0.3 is 19.8 Å². The molecule has 3 N–H and O–H groups in total. The van der Waals surface area contributed by atoms with Crippen LogP contribution in [0, 0.1) is 0 Å². The summed E-state index contributed by atoms with van der Waals surface area (Å²) < 4.78 is 23.5. The van der Waals surface area contributed by atoms with E-state index in [0.717, 1.165) is 44.9 Å². The number of likely N-dealkylation sites (N-methyl/N-ethyl adjacent to an activating group) is 1. The van der Waals surface area contributed by atoms with Crippen LogP contribution < -0.4 is 5.32 Å². The monoisotopic (exact) mass is 728 g/mol. The summed E-state index contributed by atoms with van der Waals surface area (Å²) in [6, 6.07) is -0.864. The minimum absolute atomic E-state index is 0.0543. The molecule has 0 aliphatic rings. The van der Waals surface area contributed by atoms with E-state index in [0.29, 0.717) is 17.4 Å². The Morgan fingerprint density at radius 3 is 1.60 bits per heavy atom. The molecule has 9 heteroatoms. The van der Waals surface area contributed by atoms with Crippen LogP contribution in [-0.2, 0) is 18.4 Å². The number of carbonyl (C=O) groups excluding carboxylic acids is 1. The van der Waals surface area contributed by atoms with Gasteiger partial charge in [0.05, 0.1) is 39.9 Å². The Kier molecular flexibility index (Phi) is 32.7. The van der Waals surface area contributed by atoms with Crippen molar-refractivity contribution in [2.24, 2.45) is 0 Å². The van der Waals surface area contributed by atoms with Crippen LogP contribution in [0.5, 0.6) is 0 Å². The highest BCUT2D eigenvalue weighted by Crippen LogP contribution is 2.43. The van der Waals surface area contributed by atoms with Gasteiger partial charge in [-0.2, -0.15) is 0 Å². The molecule has 0 radical (unpaired) electrons. The van der Waals surface area contributed by atoms with Crippen molar-refractivity contribution >= 4 is 13.7 Å². The highest BCUT2D eigenvalue weighted by molar-refractivity contribution is 7.47. The largest absolute Gasteiger partial charge is 0.472 e. The van der Waals surface area contributed by atoms with Crippen molar-refractivity contribution in [1.82, 2.24) is 5.32 Å². The number of allylic oxidation sites excluding steroid dienone is 5. The van der Waals surface area contributed by atoms with Crippen LogP contribution in [0.2, 0.25) is 0 Å². The highest BCUT2D eigenvalue weighted by Gasteiger charge is 2.27. The Morgan fingerprint density at radius 2 is 1.10 bits per heavy atom. The summed E-state index contributed by atoms with van der Waals surface area (Å²) in [6.07, 6.45) is 39.2. The SMILES string of the molecule is CCCCCCC/C=C/CC/C=C/CC/C=C/C(O)C(COP(=O)(O)OCC[N+](C)(C)C)NC(=O)CCCCCCCCCCCCCCC. The number of phosphoric ester groups is 1. The van der Waals surface area contributed by atoms with E-state index in [1.807, 2.05) is 27.2 Å². The molecule has 0 spiro atoms. The lowest BCUT2D eigenvalue weighted by Crippen LogP contribution is -2.45. The number of unbranched alkanes of at least 4 members (excludes halogenated alkanes) is 19. The molecule has 0 rings (SSSR count). The van der Waals surface area contributed by atoms with Crippen LogP contribution in [0.15, 0.2) is 36.5 Å². The van der Waals surface area contributed by atoms with Crippen LogP contribution in [0.3, 0.4) is 0 Å². The lowest BCUT2D eigenvalue weighted by Gasteiger charge is -2.25. The second kappa shape index (κ2) is 33.5. The molecule has 8 nitrogen and oxygen atoms in total. The topological polar surface area (TPSA) is 105 Å². The van der Waals surface area contributed by atoms with Gasteiger partial charge in [-0.1, -0.05) is 153 Å². The second-order valence-corrected chi connectivity index (χ2v) is 16.5. The number of nitrogens with zero attached hydrogens (tertiary/aromatic N) is 1. The minimum atomic E-state index is -4.34. The van der Waals surface area contributed by atoms with Crippen LogP contribution in [0.1, 0.15) is 168 Å². The van der Waals surface area contributed by atoms with Gasteiger partial charge in [0.25, 0.3) is 0 Å². The molecule has 3 atom stereocenters. The Morgan fingerprint density at radius 1 is 0.660 bits per heavy atom. The first kappa shape index (κ1) is 48.7. The van der Waals surface area contributed by atoms with Crippen molar-refractivity contribution in [2.75, 3.05) is 40.9 Å². The standard InChI is InChI=1S/C41H79N2O6P/c1-6-8-10-12-14-16-18-20-21-23-24-26-28-30-32-34-40(44)39(38-49-50(46,47)48-37-36-43(3,4)5)42-41(45)35-33-31-29-27-25-22-19-17-15-13-11-9-7-2/h18,20,24,26,32,34,39-40,44H,6-17,19,21-23,25,27-31,33,35-38H2,1-5H3,(H-,42,45,46,47)/p+1/b20-18+,26-24+,34-32+. The Labute approximate surface area is 308 Å². The first-order valence-electron chi connectivity index (χ1n) is 20.4. The molecule has 0 saturated carbocycles. The van der Waals surface area contributed by atoms with Gasteiger partial charge in [-0.3, -0.25) is 13.8 Å². The number of nitrogens with one attached hydrogen (secondary N) is 1. The number of rotatable bonds is 36. The molecule has 3 unspecified atom stereocenters. The fraction of sp³-hybridized carbons (Fsp3) is 0.829. The summed E-state index contributed by atoms with van der Waals surface area (Å²) in [5, 5.41) is 13.7. The highest BCUT2D eigenvalue weighted by atomic mass is 31.2. The first-order chi connectivity index (χ1) is 24.0. The summed E-state index contributed by atoms with van der Waals surface area (Å²) in [5.74, 6) is -0.193. The molecule has 0 aliphatic heterocycles. The maximum absolute atomic E-state index is 12.8. The molecule has 50 heavy (non-hydrogen) atoms. The summed E-state index contributed by atoms with van der Waals surface area (Å²) in [4.78, 5) is 23.0. The minimum Gasteiger partial charge on any atom is -0.387 e. The van der Waals surface area contributed by atoms with Gasteiger partial charge in [-0.05, 0) is 44.9 Å². The third-order valence-corrected chi connectivity index (χ3v) is 9.82. The molecule has 0 aromatic carbocycles. The van der Waals surface area contributed by atoms with Gasteiger partial charge in [0.15, 0.2) is 0 Å². The number of aliphatic hydroxyl groups is 1. The lowest BCUT2D eigenvalue weighted by molar-refractivity contribution is -0.870. The molecule has 0 aromatic rings. The number of quaternary nitrogens is 1. The van der Waals surface area contributed by atoms with E-state index in [1.54, 1.807) is 6.08 Å². The van der Waals surface area contributed by atoms with E-state index in [1.165, 1.54) is 103 Å². The number of hydrogen-bond acceptors (Lipinski definition) is 5. The summed E-state index contributed by atoms with van der Waals surface area (Å²) in [7, 11) is 1.54. The van der Waals surface area contributed by atoms with Gasteiger partial charge in [0.2, 0.25) is 5.91 Å². The molecule has 0 heterocycles. The zero-order chi connectivity index (χ0) is 37.2. The number of carbonyl (C=O) groups is 1. The second-order valence-electron chi connectivity index (χ2n) is 15.0. The average Bonchev–Trinajstić information content (AvgIpc) is 3.06. The zero-order valence-electron chi connectivity index (χ0n) is 33.1. The number of phosphoric acid groups is 1. The maximum atomic E-state index is 12.8. The van der Waals surface area contributed by atoms with Crippen molar-refractivity contribution in [2.45, 2.75) is 180 Å². The lowest BCUT2D eigenvalue weighted by atomic mass is 10.0. The summed E-state index contributed by atoms with van der Waals surface area (Å²) >= 11 is 0. The van der Waals surface area contributed by atoms with E-state index in [9.17, 15) is 19.4 Å². The maximum Gasteiger partial charge on any atom is 0.472 e.